The highest BCUT2D eigenvalue weighted by Gasteiger charge is 2.31. The molecule has 0 radical (unpaired) electrons. The average Bonchev–Trinajstić information content (AvgIpc) is 1.74. The minimum Gasteiger partial charge on any atom is -0.465 e. The van der Waals surface area contributed by atoms with Crippen LogP contribution in [0.15, 0.2) is 4.36 Å². The Bertz CT molecular complexity index is 297. The Hall–Kier alpha value is -0.920. The van der Waals surface area contributed by atoms with E-state index in [4.69, 9.17) is 5.11 Å². The quantitative estimate of drug-likeness (QED) is 0.629. The van der Waals surface area contributed by atoms with Crippen molar-refractivity contribution in [2.24, 2.45) is 4.36 Å². The number of halogens is 2. The first-order chi connectivity index (χ1) is 5.38. The molecule has 0 saturated carbocycles. The zero-order chi connectivity index (χ0) is 9.35. The van der Waals surface area contributed by atoms with Gasteiger partial charge in [-0.15, -0.1) is 0 Å². The van der Waals surface area contributed by atoms with Gasteiger partial charge in [0, 0.05) is 13.1 Å². The lowest BCUT2D eigenvalue weighted by Crippen LogP contribution is -2.52. The lowest BCUT2D eigenvalue weighted by atomic mass is 10.1. The van der Waals surface area contributed by atoms with Crippen LogP contribution in [0, 0.1) is 0 Å². The summed E-state index contributed by atoms with van der Waals surface area (Å²) < 4.78 is 35.9. The van der Waals surface area contributed by atoms with Crippen LogP contribution in [0.4, 0.5) is 12.6 Å². The van der Waals surface area contributed by atoms with E-state index in [0.29, 0.717) is 0 Å². The van der Waals surface area contributed by atoms with Crippen molar-refractivity contribution >= 4 is 16.6 Å². The highest BCUT2D eigenvalue weighted by atomic mass is 32.3. The molecule has 1 fully saturated rings. The Morgan fingerprint density at radius 2 is 2.08 bits per heavy atom. The lowest BCUT2D eigenvalue weighted by molar-refractivity contribution is 0.107. The maximum Gasteiger partial charge on any atom is 0.407 e. The van der Waals surface area contributed by atoms with E-state index in [1.807, 2.05) is 0 Å². The Morgan fingerprint density at radius 1 is 1.58 bits per heavy atom. The molecule has 0 spiro atoms. The van der Waals surface area contributed by atoms with Gasteiger partial charge in [0.05, 0.1) is 6.04 Å². The summed E-state index contributed by atoms with van der Waals surface area (Å²) in [5.41, 5.74) is 0. The van der Waals surface area contributed by atoms with Crippen molar-refractivity contribution in [3.8, 4) is 0 Å². The van der Waals surface area contributed by atoms with Gasteiger partial charge in [-0.05, 0) is 0 Å². The summed E-state index contributed by atoms with van der Waals surface area (Å²) >= 11 is 0. The zero-order valence-electron chi connectivity index (χ0n) is 5.81. The first-order valence-electron chi connectivity index (χ1n) is 3.02. The third-order valence-corrected chi connectivity index (χ3v) is 1.95. The van der Waals surface area contributed by atoms with Crippen LogP contribution in [-0.4, -0.2) is 39.4 Å². The molecule has 0 aromatic heterocycles. The van der Waals surface area contributed by atoms with Crippen molar-refractivity contribution in [2.75, 3.05) is 13.1 Å². The smallest absolute Gasteiger partial charge is 0.407 e. The first kappa shape index (κ1) is 9.17. The molecule has 12 heavy (non-hydrogen) atoms. The molecule has 1 amide bonds. The molecule has 0 bridgehead atoms. The number of hydrogen-bond donors (Lipinski definition) is 1. The molecule has 0 aromatic rings. The van der Waals surface area contributed by atoms with Gasteiger partial charge in [-0.3, -0.25) is 0 Å². The molecule has 0 unspecified atom stereocenters. The normalized spacial score (nSPS) is 18.7. The SMILES string of the molecule is O=C(O)N1CC(N=S(=O)(F)F)C1. The number of rotatable bonds is 1. The minimum absolute atomic E-state index is 0.0971. The summed E-state index contributed by atoms with van der Waals surface area (Å²) in [6, 6.07) is -0.816. The molecule has 0 aromatic carbocycles. The van der Waals surface area contributed by atoms with Gasteiger partial charge in [-0.1, -0.05) is 7.77 Å². The summed E-state index contributed by atoms with van der Waals surface area (Å²) in [5.74, 6) is 0. The van der Waals surface area contributed by atoms with Crippen molar-refractivity contribution in [2.45, 2.75) is 6.04 Å². The molecule has 8 heteroatoms. The van der Waals surface area contributed by atoms with E-state index in [2.05, 4.69) is 4.36 Å². The topological polar surface area (TPSA) is 70.0 Å². The number of amides is 1. The largest absolute Gasteiger partial charge is 0.465 e. The van der Waals surface area contributed by atoms with Gasteiger partial charge in [0.25, 0.3) is 0 Å². The number of nitrogens with zero attached hydrogens (tertiary/aromatic N) is 2. The predicted octanol–water partition coefficient (Wildman–Crippen LogP) is 0.586. The monoisotopic (exact) mass is 200 g/mol. The Balaban J connectivity index is 2.47. The Morgan fingerprint density at radius 3 is 2.42 bits per heavy atom. The number of hydrogen-bond acceptors (Lipinski definition) is 3. The lowest BCUT2D eigenvalue weighted by Gasteiger charge is -2.33. The van der Waals surface area contributed by atoms with E-state index in [1.54, 1.807) is 0 Å². The van der Waals surface area contributed by atoms with E-state index >= 15 is 0 Å². The van der Waals surface area contributed by atoms with E-state index in [9.17, 15) is 16.8 Å². The fourth-order valence-corrected chi connectivity index (χ4v) is 1.33. The fourth-order valence-electron chi connectivity index (χ4n) is 0.852. The van der Waals surface area contributed by atoms with E-state index < -0.39 is 22.6 Å². The van der Waals surface area contributed by atoms with Gasteiger partial charge in [-0.25, -0.2) is 4.79 Å². The molecular weight excluding hydrogens is 194 g/mol. The second-order valence-corrected chi connectivity index (χ2v) is 3.35. The second-order valence-electron chi connectivity index (χ2n) is 2.34. The average molecular weight is 200 g/mol. The van der Waals surface area contributed by atoms with E-state index in [-0.39, 0.29) is 13.1 Å². The van der Waals surface area contributed by atoms with Gasteiger partial charge >= 0.3 is 16.6 Å². The van der Waals surface area contributed by atoms with Gasteiger partial charge in [0.2, 0.25) is 0 Å². The second kappa shape index (κ2) is 2.85. The highest BCUT2D eigenvalue weighted by Crippen LogP contribution is 2.14. The van der Waals surface area contributed by atoms with Crippen LogP contribution in [0.1, 0.15) is 0 Å². The number of likely N-dealkylation sites (tertiary alicyclic amines) is 1. The first-order valence-corrected chi connectivity index (χ1v) is 4.33. The van der Waals surface area contributed by atoms with Gasteiger partial charge in [0.1, 0.15) is 0 Å². The van der Waals surface area contributed by atoms with Crippen LogP contribution >= 0.6 is 0 Å². The van der Waals surface area contributed by atoms with E-state index in [1.165, 1.54) is 0 Å². The Labute approximate surface area is 67.7 Å². The Kier molecular flexibility index (Phi) is 2.18. The summed E-state index contributed by atoms with van der Waals surface area (Å²) in [4.78, 5) is 11.0. The predicted molar refractivity (Wildman–Crippen MR) is 36.2 cm³/mol. The van der Waals surface area contributed by atoms with Crippen LogP contribution in [0.5, 0.6) is 0 Å². The molecule has 1 N–H and O–H groups in total. The van der Waals surface area contributed by atoms with Gasteiger partial charge in [0.15, 0.2) is 0 Å². The van der Waals surface area contributed by atoms with Crippen LogP contribution in [0.3, 0.4) is 0 Å². The molecule has 70 valence electrons. The molecule has 5 nitrogen and oxygen atoms in total. The van der Waals surface area contributed by atoms with Crippen LogP contribution in [-0.2, 0) is 10.5 Å². The summed E-state index contributed by atoms with van der Waals surface area (Å²) in [6.07, 6.45) is -1.18. The highest BCUT2D eigenvalue weighted by molar-refractivity contribution is 7.83. The summed E-state index contributed by atoms with van der Waals surface area (Å²) in [7, 11) is -5.08. The van der Waals surface area contributed by atoms with E-state index in [0.717, 1.165) is 4.90 Å². The zero-order valence-corrected chi connectivity index (χ0v) is 6.63. The van der Waals surface area contributed by atoms with Crippen LogP contribution in [0.25, 0.3) is 0 Å². The van der Waals surface area contributed by atoms with Crippen molar-refractivity contribution in [1.29, 1.82) is 0 Å². The number of carboxylic acid groups (broad SMARTS) is 1. The van der Waals surface area contributed by atoms with Crippen LogP contribution in [0.2, 0.25) is 0 Å². The van der Waals surface area contributed by atoms with Crippen molar-refractivity contribution in [1.82, 2.24) is 4.90 Å². The van der Waals surface area contributed by atoms with Crippen molar-refractivity contribution < 1.29 is 21.9 Å². The summed E-state index contributed by atoms with van der Waals surface area (Å²) in [6.45, 7) is -0.194. The standard InChI is InChI=1S/C4H6F2N2O3S/c5-12(6,11)7-3-1-8(2-3)4(9)10/h3H,1-2H2,(H,9,10). The summed E-state index contributed by atoms with van der Waals surface area (Å²) in [5, 5.41) is 8.27. The maximum absolute atomic E-state index is 11.7. The molecule has 0 aliphatic carbocycles. The van der Waals surface area contributed by atoms with Gasteiger partial charge < -0.3 is 10.0 Å². The third-order valence-electron chi connectivity index (χ3n) is 1.40. The van der Waals surface area contributed by atoms with Crippen molar-refractivity contribution in [3.63, 3.8) is 0 Å². The molecule has 1 heterocycles. The fraction of sp³-hybridized carbons (Fsp3) is 0.750. The number of carbonyl (C=O) groups is 1. The molecule has 1 aliphatic heterocycles. The maximum atomic E-state index is 11.7. The minimum atomic E-state index is -5.08. The molecule has 1 saturated heterocycles. The van der Waals surface area contributed by atoms with Gasteiger partial charge in [-0.2, -0.15) is 8.57 Å². The van der Waals surface area contributed by atoms with Crippen LogP contribution < -0.4 is 0 Å². The molecular formula is C4H6F2N2O3S. The van der Waals surface area contributed by atoms with Crippen molar-refractivity contribution in [3.05, 3.63) is 0 Å². The third kappa shape index (κ3) is 2.29. The molecule has 0 atom stereocenters. The molecule has 1 rings (SSSR count). The molecule has 1 aliphatic rings.